The van der Waals surface area contributed by atoms with Gasteiger partial charge in [0, 0.05) is 37.5 Å². The van der Waals surface area contributed by atoms with Gasteiger partial charge in [-0.15, -0.1) is 0 Å². The molecule has 1 N–H and O–H groups in total. The van der Waals surface area contributed by atoms with Crippen LogP contribution in [0.3, 0.4) is 0 Å². The van der Waals surface area contributed by atoms with Crippen LogP contribution in [0.1, 0.15) is 5.56 Å². The van der Waals surface area contributed by atoms with Crippen LogP contribution in [0.25, 0.3) is 0 Å². The summed E-state index contributed by atoms with van der Waals surface area (Å²) >= 11 is 0. The van der Waals surface area contributed by atoms with E-state index in [0.717, 1.165) is 37.6 Å². The fourth-order valence-corrected chi connectivity index (χ4v) is 3.70. The van der Waals surface area contributed by atoms with Crippen molar-refractivity contribution in [2.45, 2.75) is 12.5 Å². The molecule has 2 fully saturated rings. The molecule has 2 aliphatic heterocycles. The molecule has 0 saturated carbocycles. The monoisotopic (exact) mass is 355 g/mol. The topological polar surface area (TPSA) is 57.8 Å². The lowest BCUT2D eigenvalue weighted by atomic mass is 10.0. The van der Waals surface area contributed by atoms with Crippen molar-refractivity contribution < 1.29 is 9.47 Å². The summed E-state index contributed by atoms with van der Waals surface area (Å²) in [6.45, 7) is 5.17. The highest BCUT2D eigenvalue weighted by molar-refractivity contribution is 5.56. The Morgan fingerprint density at radius 2 is 1.77 bits per heavy atom. The van der Waals surface area contributed by atoms with Crippen molar-refractivity contribution in [3.63, 3.8) is 0 Å². The normalized spacial score (nSPS) is 21.0. The van der Waals surface area contributed by atoms with E-state index in [9.17, 15) is 4.79 Å². The van der Waals surface area contributed by atoms with E-state index < -0.39 is 0 Å². The number of nitrogens with zero attached hydrogens (tertiary/aromatic N) is 2. The third-order valence-electron chi connectivity index (χ3n) is 5.04. The minimum atomic E-state index is -0.0612. The average Bonchev–Trinajstić information content (AvgIpc) is 2.69. The van der Waals surface area contributed by atoms with Gasteiger partial charge < -0.3 is 24.3 Å². The van der Waals surface area contributed by atoms with E-state index in [0.29, 0.717) is 26.4 Å². The molecule has 4 rings (SSSR count). The molecule has 2 aromatic rings. The van der Waals surface area contributed by atoms with E-state index in [1.165, 1.54) is 5.56 Å². The Morgan fingerprint density at radius 1 is 1.00 bits per heavy atom. The lowest BCUT2D eigenvalue weighted by Gasteiger charge is -2.38. The predicted octanol–water partition coefficient (Wildman–Crippen LogP) is 1.66. The Morgan fingerprint density at radius 3 is 2.58 bits per heavy atom. The van der Waals surface area contributed by atoms with Crippen LogP contribution in [-0.4, -0.2) is 57.1 Å². The second-order valence-corrected chi connectivity index (χ2v) is 6.80. The number of hydrogen-bond donors (Lipinski definition) is 1. The van der Waals surface area contributed by atoms with Crippen LogP contribution < -0.4 is 15.4 Å². The van der Waals surface area contributed by atoms with Crippen molar-refractivity contribution in [1.82, 2.24) is 4.98 Å². The SMILES string of the molecule is O=c1cc(N2CCOCC2)cc(N2CCOC[C@H]2Cc2ccccc2)[nH]1. The Hall–Kier alpha value is -2.31. The first-order valence-electron chi connectivity index (χ1n) is 9.25. The first-order chi connectivity index (χ1) is 12.8. The van der Waals surface area contributed by atoms with Gasteiger partial charge in [0.05, 0.1) is 32.5 Å². The first-order valence-corrected chi connectivity index (χ1v) is 9.25. The lowest BCUT2D eigenvalue weighted by molar-refractivity contribution is 0.0936. The first kappa shape index (κ1) is 17.1. The Kier molecular flexibility index (Phi) is 5.22. The Balaban J connectivity index is 1.59. The number of nitrogens with one attached hydrogen (secondary N) is 1. The number of benzene rings is 1. The number of anilines is 2. The number of aromatic amines is 1. The van der Waals surface area contributed by atoms with Crippen LogP contribution in [0, 0.1) is 0 Å². The maximum Gasteiger partial charge on any atom is 0.251 e. The molecule has 26 heavy (non-hydrogen) atoms. The quantitative estimate of drug-likeness (QED) is 0.904. The molecule has 1 atom stereocenters. The fourth-order valence-electron chi connectivity index (χ4n) is 3.70. The van der Waals surface area contributed by atoms with E-state index in [4.69, 9.17) is 9.47 Å². The van der Waals surface area contributed by atoms with Gasteiger partial charge in [0.2, 0.25) is 0 Å². The summed E-state index contributed by atoms with van der Waals surface area (Å²) in [4.78, 5) is 19.8. The van der Waals surface area contributed by atoms with Crippen LogP contribution in [0.4, 0.5) is 11.5 Å². The molecule has 0 amide bonds. The minimum Gasteiger partial charge on any atom is -0.378 e. The van der Waals surface area contributed by atoms with Crippen LogP contribution in [0.15, 0.2) is 47.3 Å². The predicted molar refractivity (Wildman–Crippen MR) is 102 cm³/mol. The second-order valence-electron chi connectivity index (χ2n) is 6.80. The molecule has 0 unspecified atom stereocenters. The molecular weight excluding hydrogens is 330 g/mol. The summed E-state index contributed by atoms with van der Waals surface area (Å²) in [5.74, 6) is 0.878. The van der Waals surface area contributed by atoms with Gasteiger partial charge in [0.1, 0.15) is 5.82 Å². The summed E-state index contributed by atoms with van der Waals surface area (Å²) in [5, 5.41) is 0. The van der Waals surface area contributed by atoms with E-state index in [1.54, 1.807) is 6.07 Å². The molecule has 6 heteroatoms. The second kappa shape index (κ2) is 7.93. The summed E-state index contributed by atoms with van der Waals surface area (Å²) in [5.41, 5.74) is 2.19. The van der Waals surface area contributed by atoms with Crippen molar-refractivity contribution >= 4 is 11.5 Å². The largest absolute Gasteiger partial charge is 0.378 e. The number of morpholine rings is 2. The summed E-state index contributed by atoms with van der Waals surface area (Å²) in [7, 11) is 0. The van der Waals surface area contributed by atoms with Crippen molar-refractivity contribution in [3.05, 3.63) is 58.4 Å². The molecule has 2 aliphatic rings. The molecule has 0 aliphatic carbocycles. The third-order valence-corrected chi connectivity index (χ3v) is 5.04. The van der Waals surface area contributed by atoms with Gasteiger partial charge in [-0.3, -0.25) is 4.79 Å². The van der Waals surface area contributed by atoms with Crippen LogP contribution in [0.5, 0.6) is 0 Å². The van der Waals surface area contributed by atoms with Crippen LogP contribution >= 0.6 is 0 Å². The number of pyridine rings is 1. The fraction of sp³-hybridized carbons (Fsp3) is 0.450. The van der Waals surface area contributed by atoms with Crippen molar-refractivity contribution in [3.8, 4) is 0 Å². The summed E-state index contributed by atoms with van der Waals surface area (Å²) < 4.78 is 11.1. The van der Waals surface area contributed by atoms with Gasteiger partial charge in [-0.1, -0.05) is 30.3 Å². The molecule has 1 aromatic heterocycles. The molecule has 1 aromatic carbocycles. The number of aromatic nitrogens is 1. The highest BCUT2D eigenvalue weighted by Crippen LogP contribution is 2.24. The Bertz CT molecular complexity index is 771. The zero-order valence-corrected chi connectivity index (χ0v) is 14.9. The lowest BCUT2D eigenvalue weighted by Crippen LogP contribution is -2.47. The molecule has 6 nitrogen and oxygen atoms in total. The van der Waals surface area contributed by atoms with Gasteiger partial charge in [-0.25, -0.2) is 0 Å². The van der Waals surface area contributed by atoms with Gasteiger partial charge >= 0.3 is 0 Å². The number of hydrogen-bond acceptors (Lipinski definition) is 5. The number of H-pyrrole nitrogens is 1. The van der Waals surface area contributed by atoms with E-state index in [-0.39, 0.29) is 11.6 Å². The smallest absolute Gasteiger partial charge is 0.251 e. The van der Waals surface area contributed by atoms with E-state index in [2.05, 4.69) is 45.1 Å². The molecule has 2 saturated heterocycles. The van der Waals surface area contributed by atoms with Gasteiger partial charge in [-0.05, 0) is 12.0 Å². The molecule has 138 valence electrons. The van der Waals surface area contributed by atoms with Gasteiger partial charge in [-0.2, -0.15) is 0 Å². The summed E-state index contributed by atoms with van der Waals surface area (Å²) in [6, 6.07) is 14.4. The highest BCUT2D eigenvalue weighted by atomic mass is 16.5. The number of ether oxygens (including phenoxy) is 2. The standard InChI is InChI=1S/C20H25N3O3/c24-20-14-17(22-6-9-25-10-7-22)13-19(21-20)23-8-11-26-15-18(23)12-16-4-2-1-3-5-16/h1-5,13-14,18H,6-12,15H2,(H,21,24)/t18-/m1/s1. The molecule has 3 heterocycles. The third kappa shape index (κ3) is 3.92. The molecular formula is C20H25N3O3. The zero-order valence-electron chi connectivity index (χ0n) is 14.9. The van der Waals surface area contributed by atoms with Crippen LogP contribution in [0.2, 0.25) is 0 Å². The maximum absolute atomic E-state index is 12.3. The zero-order chi connectivity index (χ0) is 17.8. The number of rotatable bonds is 4. The van der Waals surface area contributed by atoms with Gasteiger partial charge in [0.25, 0.3) is 5.56 Å². The van der Waals surface area contributed by atoms with Crippen molar-refractivity contribution in [2.75, 3.05) is 55.9 Å². The summed E-state index contributed by atoms with van der Waals surface area (Å²) in [6.07, 6.45) is 0.894. The maximum atomic E-state index is 12.3. The van der Waals surface area contributed by atoms with E-state index in [1.807, 2.05) is 6.07 Å². The average molecular weight is 355 g/mol. The van der Waals surface area contributed by atoms with Crippen molar-refractivity contribution in [2.24, 2.45) is 0 Å². The molecule has 0 bridgehead atoms. The van der Waals surface area contributed by atoms with Crippen LogP contribution in [-0.2, 0) is 15.9 Å². The van der Waals surface area contributed by atoms with Crippen molar-refractivity contribution in [1.29, 1.82) is 0 Å². The minimum absolute atomic E-state index is 0.0612. The molecule has 0 radical (unpaired) electrons. The molecule has 0 spiro atoms. The van der Waals surface area contributed by atoms with E-state index >= 15 is 0 Å². The Labute approximate surface area is 153 Å². The highest BCUT2D eigenvalue weighted by Gasteiger charge is 2.25. The van der Waals surface area contributed by atoms with Gasteiger partial charge in [0.15, 0.2) is 0 Å².